The van der Waals surface area contributed by atoms with Gasteiger partial charge < -0.3 is 0 Å². The smallest absolute Gasteiger partial charge is 0.123 e. The van der Waals surface area contributed by atoms with Gasteiger partial charge >= 0.3 is 0 Å². The molecule has 0 atom stereocenters. The van der Waals surface area contributed by atoms with Crippen molar-refractivity contribution in [2.24, 2.45) is 0 Å². The molecule has 0 radical (unpaired) electrons. The largest absolute Gasteiger partial charge is 0.258 e. The summed E-state index contributed by atoms with van der Waals surface area (Å²) in [5.74, 6) is -0.192. The molecule has 0 saturated heterocycles. The summed E-state index contributed by atoms with van der Waals surface area (Å²) in [7, 11) is 0. The molecule has 0 amide bonds. The predicted octanol–water partition coefficient (Wildman–Crippen LogP) is 3.43. The molecule has 0 saturated carbocycles. The van der Waals surface area contributed by atoms with Crippen molar-refractivity contribution in [2.75, 3.05) is 0 Å². The lowest BCUT2D eigenvalue weighted by Gasteiger charge is -2.06. The topological polar surface area (TPSA) is 12.9 Å². The molecule has 1 heterocycles. The third kappa shape index (κ3) is 2.45. The van der Waals surface area contributed by atoms with Crippen LogP contribution in [-0.4, -0.2) is 4.98 Å². The summed E-state index contributed by atoms with van der Waals surface area (Å²) in [6, 6.07) is 10.7. The van der Waals surface area contributed by atoms with E-state index in [4.69, 9.17) is 0 Å². The van der Waals surface area contributed by atoms with Crippen molar-refractivity contribution >= 4 is 0 Å². The Labute approximate surface area is 95.0 Å². The number of halogens is 1. The van der Waals surface area contributed by atoms with Crippen molar-refractivity contribution in [3.05, 3.63) is 64.7 Å². The first kappa shape index (κ1) is 10.8. The maximum Gasteiger partial charge on any atom is 0.123 e. The number of aryl methyl sites for hydroxylation is 2. The highest BCUT2D eigenvalue weighted by molar-refractivity contribution is 5.29. The summed E-state index contributed by atoms with van der Waals surface area (Å²) >= 11 is 0. The Hall–Kier alpha value is -1.70. The normalized spacial score (nSPS) is 10.4. The van der Waals surface area contributed by atoms with E-state index in [1.54, 1.807) is 0 Å². The Morgan fingerprint density at radius 1 is 1.00 bits per heavy atom. The Balaban J connectivity index is 2.23. The van der Waals surface area contributed by atoms with Crippen LogP contribution in [0.4, 0.5) is 4.39 Å². The van der Waals surface area contributed by atoms with Crippen molar-refractivity contribution in [1.82, 2.24) is 4.98 Å². The molecule has 0 N–H and O–H groups in total. The monoisotopic (exact) mass is 215 g/mol. The average molecular weight is 215 g/mol. The van der Waals surface area contributed by atoms with E-state index < -0.39 is 0 Å². The molecule has 0 aliphatic rings. The molecule has 0 unspecified atom stereocenters. The maximum atomic E-state index is 12.7. The molecule has 16 heavy (non-hydrogen) atoms. The van der Waals surface area contributed by atoms with Crippen molar-refractivity contribution in [2.45, 2.75) is 20.3 Å². The molecule has 82 valence electrons. The molecule has 2 rings (SSSR count). The summed E-state index contributed by atoms with van der Waals surface area (Å²) in [4.78, 5) is 4.41. The second kappa shape index (κ2) is 4.44. The van der Waals surface area contributed by atoms with Gasteiger partial charge in [-0.25, -0.2) is 4.39 Å². The minimum absolute atomic E-state index is 0.192. The molecule has 1 nitrogen and oxygen atoms in total. The first-order chi connectivity index (χ1) is 7.65. The zero-order chi connectivity index (χ0) is 11.5. The molecular weight excluding hydrogens is 201 g/mol. The molecule has 2 aromatic rings. The van der Waals surface area contributed by atoms with Crippen molar-refractivity contribution in [3.63, 3.8) is 0 Å². The fourth-order valence-electron chi connectivity index (χ4n) is 1.72. The molecule has 0 bridgehead atoms. The summed E-state index contributed by atoms with van der Waals surface area (Å²) in [6.45, 7) is 3.99. The lowest BCUT2D eigenvalue weighted by molar-refractivity contribution is 0.627. The van der Waals surface area contributed by atoms with Gasteiger partial charge in [0.05, 0.1) is 0 Å². The van der Waals surface area contributed by atoms with Crippen LogP contribution in [0, 0.1) is 19.7 Å². The Morgan fingerprint density at radius 2 is 1.69 bits per heavy atom. The molecule has 0 spiro atoms. The fourth-order valence-corrected chi connectivity index (χ4v) is 1.72. The quantitative estimate of drug-likeness (QED) is 0.748. The molecule has 1 aromatic carbocycles. The van der Waals surface area contributed by atoms with E-state index >= 15 is 0 Å². The number of benzene rings is 1. The van der Waals surface area contributed by atoms with Crippen LogP contribution in [0.1, 0.15) is 22.5 Å². The van der Waals surface area contributed by atoms with E-state index in [9.17, 15) is 4.39 Å². The van der Waals surface area contributed by atoms with Gasteiger partial charge in [-0.3, -0.25) is 4.98 Å². The van der Waals surface area contributed by atoms with Gasteiger partial charge in [0.25, 0.3) is 0 Å². The van der Waals surface area contributed by atoms with Gasteiger partial charge in [0.1, 0.15) is 5.82 Å². The van der Waals surface area contributed by atoms with Crippen molar-refractivity contribution in [3.8, 4) is 0 Å². The first-order valence-electron chi connectivity index (χ1n) is 5.33. The highest BCUT2D eigenvalue weighted by Crippen LogP contribution is 2.13. The minimum Gasteiger partial charge on any atom is -0.258 e. The summed E-state index contributed by atoms with van der Waals surface area (Å²) in [5, 5.41) is 0. The zero-order valence-electron chi connectivity index (χ0n) is 9.50. The second-order valence-electron chi connectivity index (χ2n) is 4.00. The number of hydrogen-bond acceptors (Lipinski definition) is 1. The van der Waals surface area contributed by atoms with Gasteiger partial charge in [0.15, 0.2) is 0 Å². The second-order valence-corrected chi connectivity index (χ2v) is 4.00. The Kier molecular flexibility index (Phi) is 3.00. The fraction of sp³-hybridized carbons (Fsp3) is 0.214. The maximum absolute atomic E-state index is 12.7. The number of nitrogens with zero attached hydrogens (tertiary/aromatic N) is 1. The van der Waals surface area contributed by atoms with Gasteiger partial charge in [-0.15, -0.1) is 0 Å². The average Bonchev–Trinajstić information content (AvgIpc) is 2.25. The van der Waals surface area contributed by atoms with Gasteiger partial charge in [0.2, 0.25) is 0 Å². The van der Waals surface area contributed by atoms with E-state index in [2.05, 4.69) is 11.1 Å². The van der Waals surface area contributed by atoms with Crippen molar-refractivity contribution < 1.29 is 4.39 Å². The van der Waals surface area contributed by atoms with Crippen LogP contribution in [0.3, 0.4) is 0 Å². The molecule has 0 aliphatic heterocycles. The number of pyridine rings is 1. The van der Waals surface area contributed by atoms with Crippen LogP contribution in [-0.2, 0) is 6.42 Å². The lowest BCUT2D eigenvalue weighted by atomic mass is 10.0. The summed E-state index contributed by atoms with van der Waals surface area (Å²) in [5.41, 5.74) is 4.37. The minimum atomic E-state index is -0.192. The van der Waals surface area contributed by atoms with Crippen LogP contribution >= 0.6 is 0 Å². The molecule has 1 aromatic heterocycles. The standard InChI is InChI=1S/C14H14FN/c1-10-3-6-13(11(2)16-10)9-12-4-7-14(15)8-5-12/h3-8H,9H2,1-2H3. The predicted molar refractivity (Wildman–Crippen MR) is 62.9 cm³/mol. The third-order valence-corrected chi connectivity index (χ3v) is 2.64. The first-order valence-corrected chi connectivity index (χ1v) is 5.33. The molecule has 0 fully saturated rings. The van der Waals surface area contributed by atoms with E-state index in [-0.39, 0.29) is 5.82 Å². The van der Waals surface area contributed by atoms with Gasteiger partial charge in [-0.2, -0.15) is 0 Å². The van der Waals surface area contributed by atoms with E-state index in [0.717, 1.165) is 23.4 Å². The summed E-state index contributed by atoms with van der Waals surface area (Å²) < 4.78 is 12.7. The third-order valence-electron chi connectivity index (χ3n) is 2.64. The van der Waals surface area contributed by atoms with E-state index in [0.29, 0.717) is 0 Å². The van der Waals surface area contributed by atoms with Crippen LogP contribution in [0.2, 0.25) is 0 Å². The molecule has 0 aliphatic carbocycles. The van der Waals surface area contributed by atoms with Crippen LogP contribution in [0.5, 0.6) is 0 Å². The van der Waals surface area contributed by atoms with Gasteiger partial charge in [0, 0.05) is 11.4 Å². The Morgan fingerprint density at radius 3 is 2.31 bits per heavy atom. The SMILES string of the molecule is Cc1ccc(Cc2ccc(F)cc2)c(C)n1. The number of hydrogen-bond donors (Lipinski definition) is 0. The number of aromatic nitrogens is 1. The summed E-state index contributed by atoms with van der Waals surface area (Å²) in [6.07, 6.45) is 0.805. The zero-order valence-corrected chi connectivity index (χ0v) is 9.50. The molecular formula is C14H14FN. The highest BCUT2D eigenvalue weighted by Gasteiger charge is 2.01. The van der Waals surface area contributed by atoms with E-state index in [1.165, 1.54) is 17.7 Å². The van der Waals surface area contributed by atoms with Crippen molar-refractivity contribution in [1.29, 1.82) is 0 Å². The Bertz CT molecular complexity index is 489. The van der Waals surface area contributed by atoms with E-state index in [1.807, 2.05) is 32.0 Å². The molecule has 2 heteroatoms. The van der Waals surface area contributed by atoms with Crippen LogP contribution in [0.15, 0.2) is 36.4 Å². The lowest BCUT2D eigenvalue weighted by Crippen LogP contribution is -1.96. The van der Waals surface area contributed by atoms with Gasteiger partial charge in [-0.05, 0) is 49.6 Å². The number of rotatable bonds is 2. The van der Waals surface area contributed by atoms with Crippen LogP contribution in [0.25, 0.3) is 0 Å². The highest BCUT2D eigenvalue weighted by atomic mass is 19.1. The van der Waals surface area contributed by atoms with Gasteiger partial charge in [-0.1, -0.05) is 18.2 Å². The van der Waals surface area contributed by atoms with Crippen LogP contribution < -0.4 is 0 Å².